The Morgan fingerprint density at radius 2 is 2.12 bits per heavy atom. The number of hydrogen-bond acceptors (Lipinski definition) is 5. The molecule has 0 amide bonds. The van der Waals surface area contributed by atoms with Gasteiger partial charge in [-0.05, 0) is 24.3 Å². The summed E-state index contributed by atoms with van der Waals surface area (Å²) in [6.07, 6.45) is 1.73. The molecule has 4 rings (SSSR count). The molecular weight excluding hydrogens is 316 g/mol. The lowest BCUT2D eigenvalue weighted by atomic mass is 9.92. The van der Waals surface area contributed by atoms with Crippen molar-refractivity contribution in [3.63, 3.8) is 0 Å². The molecule has 1 atom stereocenters. The van der Waals surface area contributed by atoms with Crippen molar-refractivity contribution in [2.75, 3.05) is 12.3 Å². The Labute approximate surface area is 146 Å². The standard InChI is InChI=1S/C19H22N4O2/c1-19(2,3)17-9-13(6-7-21-17)24-11-14-10-23-16-5-4-12(20)8-15(16)22-18(23)25-14/h4-9,14H,10-11,20H2,1-3H3/t14-/m0/s1. The molecule has 6 heteroatoms. The van der Waals surface area contributed by atoms with Crippen LogP contribution in [0.3, 0.4) is 0 Å². The van der Waals surface area contributed by atoms with Gasteiger partial charge < -0.3 is 15.2 Å². The molecule has 0 spiro atoms. The Kier molecular flexibility index (Phi) is 3.56. The van der Waals surface area contributed by atoms with E-state index in [0.717, 1.165) is 22.5 Å². The maximum atomic E-state index is 5.93. The van der Waals surface area contributed by atoms with Crippen LogP contribution in [0.15, 0.2) is 36.5 Å². The summed E-state index contributed by atoms with van der Waals surface area (Å²) in [5.41, 5.74) is 9.41. The number of pyridine rings is 1. The second-order valence-electron chi connectivity index (χ2n) is 7.43. The van der Waals surface area contributed by atoms with Crippen LogP contribution in [0.2, 0.25) is 0 Å². The minimum Gasteiger partial charge on any atom is -0.490 e. The van der Waals surface area contributed by atoms with Gasteiger partial charge in [0.15, 0.2) is 6.10 Å². The molecule has 0 radical (unpaired) electrons. The summed E-state index contributed by atoms with van der Waals surface area (Å²) in [4.78, 5) is 8.92. The second kappa shape index (κ2) is 5.65. The van der Waals surface area contributed by atoms with Crippen molar-refractivity contribution in [1.82, 2.24) is 14.5 Å². The summed E-state index contributed by atoms with van der Waals surface area (Å²) >= 11 is 0. The average Bonchev–Trinajstić information content (AvgIpc) is 3.09. The summed E-state index contributed by atoms with van der Waals surface area (Å²) in [5.74, 6) is 0.811. The van der Waals surface area contributed by atoms with Crippen molar-refractivity contribution in [2.45, 2.75) is 38.8 Å². The minimum atomic E-state index is -0.0595. The van der Waals surface area contributed by atoms with Gasteiger partial charge in [-0.25, -0.2) is 0 Å². The molecule has 130 valence electrons. The van der Waals surface area contributed by atoms with Crippen molar-refractivity contribution < 1.29 is 9.47 Å². The molecule has 6 nitrogen and oxygen atoms in total. The normalized spacial score (nSPS) is 16.7. The van der Waals surface area contributed by atoms with Crippen LogP contribution in [-0.2, 0) is 12.0 Å². The Morgan fingerprint density at radius 1 is 1.28 bits per heavy atom. The zero-order chi connectivity index (χ0) is 17.6. The molecule has 25 heavy (non-hydrogen) atoms. The van der Waals surface area contributed by atoms with Crippen molar-refractivity contribution in [3.8, 4) is 11.8 Å². The van der Waals surface area contributed by atoms with Gasteiger partial charge in [0.05, 0.1) is 17.6 Å². The van der Waals surface area contributed by atoms with Crippen molar-refractivity contribution in [3.05, 3.63) is 42.2 Å². The number of nitrogens with two attached hydrogens (primary N) is 1. The Bertz CT molecular complexity index is 927. The van der Waals surface area contributed by atoms with Gasteiger partial charge in [0.1, 0.15) is 12.4 Å². The Balaban J connectivity index is 1.45. The molecule has 0 unspecified atom stereocenters. The molecule has 0 saturated carbocycles. The van der Waals surface area contributed by atoms with Gasteiger partial charge in [0.25, 0.3) is 6.01 Å². The number of ether oxygens (including phenoxy) is 2. The number of benzene rings is 1. The number of nitrogen functional groups attached to an aromatic ring is 1. The van der Waals surface area contributed by atoms with Gasteiger partial charge in [0.2, 0.25) is 0 Å². The lowest BCUT2D eigenvalue weighted by molar-refractivity contribution is 0.143. The average molecular weight is 338 g/mol. The molecule has 2 N–H and O–H groups in total. The highest BCUT2D eigenvalue weighted by molar-refractivity contribution is 5.80. The number of nitrogens with zero attached hydrogens (tertiary/aromatic N) is 3. The van der Waals surface area contributed by atoms with E-state index < -0.39 is 0 Å². The predicted octanol–water partition coefficient (Wildman–Crippen LogP) is 3.15. The van der Waals surface area contributed by atoms with Gasteiger partial charge in [-0.3, -0.25) is 9.55 Å². The van der Waals surface area contributed by atoms with E-state index in [2.05, 4.69) is 35.3 Å². The van der Waals surface area contributed by atoms with E-state index in [4.69, 9.17) is 15.2 Å². The molecule has 0 bridgehead atoms. The molecule has 3 heterocycles. The van der Waals surface area contributed by atoms with Crippen LogP contribution in [0.25, 0.3) is 11.0 Å². The highest BCUT2D eigenvalue weighted by Crippen LogP contribution is 2.29. The molecule has 2 aromatic heterocycles. The van der Waals surface area contributed by atoms with Gasteiger partial charge in [-0.1, -0.05) is 20.8 Å². The lowest BCUT2D eigenvalue weighted by Gasteiger charge is -2.18. The third-order valence-corrected chi connectivity index (χ3v) is 4.33. The van der Waals surface area contributed by atoms with Crippen LogP contribution in [0, 0.1) is 0 Å². The third kappa shape index (κ3) is 2.99. The molecule has 0 fully saturated rings. The van der Waals surface area contributed by atoms with Crippen LogP contribution in [-0.4, -0.2) is 27.2 Å². The Hall–Kier alpha value is -2.76. The molecule has 0 saturated heterocycles. The highest BCUT2D eigenvalue weighted by atomic mass is 16.6. The topological polar surface area (TPSA) is 75.2 Å². The summed E-state index contributed by atoms with van der Waals surface area (Å²) in [7, 11) is 0. The number of rotatable bonds is 3. The van der Waals surface area contributed by atoms with Crippen LogP contribution in [0.4, 0.5) is 5.69 Å². The first-order valence-corrected chi connectivity index (χ1v) is 8.42. The molecule has 1 aliphatic heterocycles. The van der Waals surface area contributed by atoms with Crippen LogP contribution >= 0.6 is 0 Å². The van der Waals surface area contributed by atoms with Gasteiger partial charge in [-0.15, -0.1) is 0 Å². The maximum Gasteiger partial charge on any atom is 0.297 e. The van der Waals surface area contributed by atoms with Gasteiger partial charge in [-0.2, -0.15) is 4.98 Å². The largest absolute Gasteiger partial charge is 0.490 e. The number of anilines is 1. The zero-order valence-electron chi connectivity index (χ0n) is 14.7. The first-order valence-electron chi connectivity index (χ1n) is 8.42. The van der Waals surface area contributed by atoms with Crippen molar-refractivity contribution in [1.29, 1.82) is 0 Å². The van der Waals surface area contributed by atoms with Crippen molar-refractivity contribution in [2.24, 2.45) is 0 Å². The van der Waals surface area contributed by atoms with Crippen molar-refractivity contribution >= 4 is 16.7 Å². The molecule has 0 aliphatic carbocycles. The molecular formula is C19H22N4O2. The number of fused-ring (bicyclic) bond motifs is 3. The van der Waals surface area contributed by atoms with E-state index >= 15 is 0 Å². The van der Waals surface area contributed by atoms with E-state index in [1.807, 2.05) is 30.3 Å². The SMILES string of the molecule is CC(C)(C)c1cc(OC[C@@H]2Cn3c(nc4cc(N)ccc43)O2)ccn1. The second-order valence-corrected chi connectivity index (χ2v) is 7.43. The quantitative estimate of drug-likeness (QED) is 0.743. The van der Waals surface area contributed by atoms with Crippen LogP contribution < -0.4 is 15.2 Å². The lowest BCUT2D eigenvalue weighted by Crippen LogP contribution is -2.24. The maximum absolute atomic E-state index is 5.93. The monoisotopic (exact) mass is 338 g/mol. The summed E-state index contributed by atoms with van der Waals surface area (Å²) < 4.78 is 13.9. The van der Waals surface area contributed by atoms with E-state index in [1.165, 1.54) is 0 Å². The molecule has 3 aromatic rings. The molecule has 1 aromatic carbocycles. The summed E-state index contributed by atoms with van der Waals surface area (Å²) in [5, 5.41) is 0. The first-order chi connectivity index (χ1) is 11.9. The van der Waals surface area contributed by atoms with Gasteiger partial charge >= 0.3 is 0 Å². The van der Waals surface area contributed by atoms with E-state index in [9.17, 15) is 0 Å². The van der Waals surface area contributed by atoms with Gasteiger partial charge in [0, 0.05) is 29.1 Å². The van der Waals surface area contributed by atoms with Crippen LogP contribution in [0.1, 0.15) is 26.5 Å². The number of hydrogen-bond donors (Lipinski definition) is 1. The number of aromatic nitrogens is 3. The van der Waals surface area contributed by atoms with E-state index in [1.54, 1.807) is 6.20 Å². The predicted molar refractivity (Wildman–Crippen MR) is 97.0 cm³/mol. The molecule has 1 aliphatic rings. The zero-order valence-corrected chi connectivity index (χ0v) is 14.7. The highest BCUT2D eigenvalue weighted by Gasteiger charge is 2.27. The van der Waals surface area contributed by atoms with Crippen LogP contribution in [0.5, 0.6) is 11.8 Å². The first kappa shape index (κ1) is 15.7. The summed E-state index contributed by atoms with van der Waals surface area (Å²) in [6.45, 7) is 7.59. The fourth-order valence-corrected chi connectivity index (χ4v) is 2.97. The smallest absolute Gasteiger partial charge is 0.297 e. The van der Waals surface area contributed by atoms with E-state index in [-0.39, 0.29) is 11.5 Å². The minimum absolute atomic E-state index is 0.00769. The Morgan fingerprint density at radius 3 is 2.92 bits per heavy atom. The summed E-state index contributed by atoms with van der Waals surface area (Å²) in [6, 6.07) is 10.2. The fourth-order valence-electron chi connectivity index (χ4n) is 2.97. The number of imidazole rings is 1. The van der Waals surface area contributed by atoms with E-state index in [0.29, 0.717) is 24.8 Å². The third-order valence-electron chi connectivity index (χ3n) is 4.33. The fraction of sp³-hybridized carbons (Fsp3) is 0.368.